The minimum Gasteiger partial charge on any atom is -0.463 e. The molecule has 19 heavy (non-hydrogen) atoms. The molecule has 0 saturated carbocycles. The maximum Gasteiger partial charge on any atom is 0.373 e. The van der Waals surface area contributed by atoms with Crippen molar-refractivity contribution in [2.45, 2.75) is 6.54 Å². The standard InChI is InChI=1S/C12H18N2O5/c1-17-6-5-14-11(15)8-13-7-9-3-4-10(19-9)12(16)18-2/h3-4,13H,5-8H2,1-2H3,(H,14,15). The highest BCUT2D eigenvalue weighted by molar-refractivity contribution is 5.86. The van der Waals surface area contributed by atoms with Crippen molar-refractivity contribution >= 4 is 11.9 Å². The van der Waals surface area contributed by atoms with Gasteiger partial charge in [-0.2, -0.15) is 0 Å². The number of nitrogens with one attached hydrogen (secondary N) is 2. The lowest BCUT2D eigenvalue weighted by molar-refractivity contribution is -0.120. The summed E-state index contributed by atoms with van der Waals surface area (Å²) < 4.78 is 14.6. The van der Waals surface area contributed by atoms with Crippen LogP contribution in [-0.4, -0.2) is 45.8 Å². The van der Waals surface area contributed by atoms with Gasteiger partial charge in [-0.15, -0.1) is 0 Å². The second-order valence-electron chi connectivity index (χ2n) is 3.70. The lowest BCUT2D eigenvalue weighted by atomic mass is 10.4. The molecule has 0 atom stereocenters. The summed E-state index contributed by atoms with van der Waals surface area (Å²) in [5.74, 6) is 0.0503. The average molecular weight is 270 g/mol. The molecule has 1 aromatic rings. The second kappa shape index (κ2) is 8.28. The molecule has 2 N–H and O–H groups in total. The van der Waals surface area contributed by atoms with Crippen LogP contribution in [0.3, 0.4) is 0 Å². The monoisotopic (exact) mass is 270 g/mol. The number of hydrogen-bond acceptors (Lipinski definition) is 6. The molecule has 0 unspecified atom stereocenters. The Kier molecular flexibility index (Phi) is 6.62. The van der Waals surface area contributed by atoms with E-state index in [1.54, 1.807) is 13.2 Å². The number of esters is 1. The number of carbonyl (C=O) groups is 2. The normalized spacial score (nSPS) is 10.2. The van der Waals surface area contributed by atoms with Crippen molar-refractivity contribution in [1.82, 2.24) is 10.6 Å². The van der Waals surface area contributed by atoms with E-state index in [1.165, 1.54) is 13.2 Å². The first kappa shape index (κ1) is 15.2. The summed E-state index contributed by atoms with van der Waals surface area (Å²) in [6, 6.07) is 3.18. The van der Waals surface area contributed by atoms with E-state index in [4.69, 9.17) is 9.15 Å². The summed E-state index contributed by atoms with van der Waals surface area (Å²) >= 11 is 0. The Morgan fingerprint density at radius 2 is 2.11 bits per heavy atom. The van der Waals surface area contributed by atoms with Crippen LogP contribution < -0.4 is 10.6 Å². The summed E-state index contributed by atoms with van der Waals surface area (Å²) in [5, 5.41) is 5.57. The van der Waals surface area contributed by atoms with Gasteiger partial charge in [-0.25, -0.2) is 4.79 Å². The van der Waals surface area contributed by atoms with Crippen LogP contribution >= 0.6 is 0 Å². The van der Waals surface area contributed by atoms with Crippen LogP contribution in [0.4, 0.5) is 0 Å². The third-order valence-electron chi connectivity index (χ3n) is 2.26. The largest absolute Gasteiger partial charge is 0.463 e. The maximum atomic E-state index is 11.3. The Labute approximate surface area is 111 Å². The predicted octanol–water partition coefficient (Wildman–Crippen LogP) is -0.0816. The Bertz CT molecular complexity index is 416. The van der Waals surface area contributed by atoms with E-state index in [-0.39, 0.29) is 18.2 Å². The molecular formula is C12H18N2O5. The van der Waals surface area contributed by atoms with Crippen LogP contribution in [0.1, 0.15) is 16.3 Å². The SMILES string of the molecule is COCCNC(=O)CNCc1ccc(C(=O)OC)o1. The number of rotatable bonds is 8. The van der Waals surface area contributed by atoms with E-state index in [0.29, 0.717) is 25.5 Å². The van der Waals surface area contributed by atoms with Crippen molar-refractivity contribution in [3.8, 4) is 0 Å². The maximum absolute atomic E-state index is 11.3. The molecule has 0 saturated heterocycles. The lowest BCUT2D eigenvalue weighted by Gasteiger charge is -2.04. The fourth-order valence-electron chi connectivity index (χ4n) is 1.34. The summed E-state index contributed by atoms with van der Waals surface area (Å²) in [7, 11) is 2.85. The first-order valence-corrected chi connectivity index (χ1v) is 5.80. The summed E-state index contributed by atoms with van der Waals surface area (Å²) in [4.78, 5) is 22.5. The van der Waals surface area contributed by atoms with E-state index < -0.39 is 5.97 Å². The minimum atomic E-state index is -0.524. The van der Waals surface area contributed by atoms with E-state index in [2.05, 4.69) is 15.4 Å². The zero-order chi connectivity index (χ0) is 14.1. The van der Waals surface area contributed by atoms with Gasteiger partial charge in [0.05, 0.1) is 26.8 Å². The van der Waals surface area contributed by atoms with Crippen LogP contribution in [0.5, 0.6) is 0 Å². The van der Waals surface area contributed by atoms with Crippen LogP contribution in [0.2, 0.25) is 0 Å². The second-order valence-corrected chi connectivity index (χ2v) is 3.70. The van der Waals surface area contributed by atoms with Gasteiger partial charge in [-0.1, -0.05) is 0 Å². The average Bonchev–Trinajstić information content (AvgIpc) is 2.87. The summed E-state index contributed by atoms with van der Waals surface area (Å²) in [5.41, 5.74) is 0. The molecule has 1 rings (SSSR count). The van der Waals surface area contributed by atoms with Gasteiger partial charge in [0, 0.05) is 13.7 Å². The molecule has 7 nitrogen and oxygen atoms in total. The molecule has 1 amide bonds. The number of methoxy groups -OCH3 is 2. The Hall–Kier alpha value is -1.86. The molecule has 7 heteroatoms. The van der Waals surface area contributed by atoms with Gasteiger partial charge in [0.15, 0.2) is 0 Å². The van der Waals surface area contributed by atoms with E-state index in [0.717, 1.165) is 0 Å². The molecular weight excluding hydrogens is 252 g/mol. The van der Waals surface area contributed by atoms with Gasteiger partial charge in [-0.05, 0) is 12.1 Å². The quantitative estimate of drug-likeness (QED) is 0.507. The minimum absolute atomic E-state index is 0.128. The van der Waals surface area contributed by atoms with Crippen molar-refractivity contribution in [2.24, 2.45) is 0 Å². The smallest absolute Gasteiger partial charge is 0.373 e. The zero-order valence-electron chi connectivity index (χ0n) is 11.0. The topological polar surface area (TPSA) is 89.8 Å². The van der Waals surface area contributed by atoms with Gasteiger partial charge in [-0.3, -0.25) is 4.79 Å². The highest BCUT2D eigenvalue weighted by Crippen LogP contribution is 2.08. The van der Waals surface area contributed by atoms with E-state index >= 15 is 0 Å². The van der Waals surface area contributed by atoms with Crippen molar-refractivity contribution < 1.29 is 23.5 Å². The first-order valence-electron chi connectivity index (χ1n) is 5.80. The van der Waals surface area contributed by atoms with Crippen LogP contribution in [0.15, 0.2) is 16.5 Å². The molecule has 1 aromatic heterocycles. The molecule has 0 bridgehead atoms. The van der Waals surface area contributed by atoms with Gasteiger partial charge in [0.2, 0.25) is 11.7 Å². The summed E-state index contributed by atoms with van der Waals surface area (Å²) in [6.45, 7) is 1.48. The number of amides is 1. The van der Waals surface area contributed by atoms with Gasteiger partial charge in [0.1, 0.15) is 5.76 Å². The molecule has 0 aromatic carbocycles. The van der Waals surface area contributed by atoms with Crippen LogP contribution in [0, 0.1) is 0 Å². The fraction of sp³-hybridized carbons (Fsp3) is 0.500. The zero-order valence-corrected chi connectivity index (χ0v) is 11.0. The van der Waals surface area contributed by atoms with E-state index in [1.807, 2.05) is 0 Å². The highest BCUT2D eigenvalue weighted by Gasteiger charge is 2.10. The Morgan fingerprint density at radius 1 is 1.32 bits per heavy atom. The third-order valence-corrected chi connectivity index (χ3v) is 2.26. The van der Waals surface area contributed by atoms with Crippen molar-refractivity contribution in [1.29, 1.82) is 0 Å². The fourth-order valence-corrected chi connectivity index (χ4v) is 1.34. The van der Waals surface area contributed by atoms with Gasteiger partial charge >= 0.3 is 5.97 Å². The predicted molar refractivity (Wildman–Crippen MR) is 66.6 cm³/mol. The molecule has 0 spiro atoms. The molecule has 0 aliphatic rings. The van der Waals surface area contributed by atoms with Crippen LogP contribution in [-0.2, 0) is 20.8 Å². The van der Waals surface area contributed by atoms with Gasteiger partial charge < -0.3 is 24.5 Å². The molecule has 1 heterocycles. The molecule has 106 valence electrons. The number of hydrogen-bond donors (Lipinski definition) is 2. The Morgan fingerprint density at radius 3 is 2.79 bits per heavy atom. The van der Waals surface area contributed by atoms with Crippen molar-refractivity contribution in [3.05, 3.63) is 23.7 Å². The molecule has 0 fully saturated rings. The highest BCUT2D eigenvalue weighted by atomic mass is 16.5. The van der Waals surface area contributed by atoms with Gasteiger partial charge in [0.25, 0.3) is 0 Å². The Balaban J connectivity index is 2.23. The number of ether oxygens (including phenoxy) is 2. The molecule has 0 aliphatic carbocycles. The number of carbonyl (C=O) groups excluding carboxylic acids is 2. The number of furan rings is 1. The van der Waals surface area contributed by atoms with Crippen molar-refractivity contribution in [2.75, 3.05) is 33.9 Å². The summed E-state index contributed by atoms with van der Waals surface area (Å²) in [6.07, 6.45) is 0. The van der Waals surface area contributed by atoms with E-state index in [9.17, 15) is 9.59 Å². The molecule has 0 radical (unpaired) electrons. The first-order chi connectivity index (χ1) is 9.17. The van der Waals surface area contributed by atoms with Crippen LogP contribution in [0.25, 0.3) is 0 Å². The van der Waals surface area contributed by atoms with Crippen molar-refractivity contribution in [3.63, 3.8) is 0 Å². The third kappa shape index (κ3) is 5.54. The lowest BCUT2D eigenvalue weighted by Crippen LogP contribution is -2.35. The molecule has 0 aliphatic heterocycles.